The van der Waals surface area contributed by atoms with Crippen molar-refractivity contribution < 1.29 is 0 Å². The molecule has 1 aliphatic heterocycles. The summed E-state index contributed by atoms with van der Waals surface area (Å²) in [5.41, 5.74) is 9.59. The number of anilines is 4. The lowest BCUT2D eigenvalue weighted by Gasteiger charge is -2.30. The van der Waals surface area contributed by atoms with E-state index < -0.39 is 0 Å². The molecule has 0 saturated carbocycles. The molecule has 2 aromatic heterocycles. The van der Waals surface area contributed by atoms with E-state index in [2.05, 4.69) is 133 Å². The second kappa shape index (κ2) is 9.87. The summed E-state index contributed by atoms with van der Waals surface area (Å²) < 4.78 is 0. The maximum atomic E-state index is 4.28. The lowest BCUT2D eigenvalue weighted by atomic mass is 9.64. The minimum absolute atomic E-state index is 0.104. The quantitative estimate of drug-likeness (QED) is 0.259. The van der Waals surface area contributed by atoms with Crippen LogP contribution >= 0.6 is 0 Å². The number of fused-ring (bicyclic) bond motifs is 1. The van der Waals surface area contributed by atoms with Crippen LogP contribution in [0.25, 0.3) is 22.3 Å². The first-order valence-corrected chi connectivity index (χ1v) is 12.8. The lowest BCUT2D eigenvalue weighted by Crippen LogP contribution is -2.53. The number of hydrogen-bond donors (Lipinski definition) is 0. The SMILES string of the molecule is c1ccc(B2N(c3ccccc3)c3ccccc3N2c2cc(-c3cncnc3)cc(-c3cncnc3)c2)cc1. The molecule has 0 spiro atoms. The summed E-state index contributed by atoms with van der Waals surface area (Å²) in [7, 11) is 0. The molecule has 4 aromatic carbocycles. The molecule has 6 aromatic rings. The predicted octanol–water partition coefficient (Wildman–Crippen LogP) is 6.29. The van der Waals surface area contributed by atoms with E-state index in [-0.39, 0.29) is 6.98 Å². The van der Waals surface area contributed by atoms with Crippen molar-refractivity contribution in [2.24, 2.45) is 0 Å². The average molecular weight is 502 g/mol. The van der Waals surface area contributed by atoms with Gasteiger partial charge in [0.1, 0.15) is 12.7 Å². The third-order valence-corrected chi connectivity index (χ3v) is 7.01. The van der Waals surface area contributed by atoms with Crippen molar-refractivity contribution in [3.05, 3.63) is 141 Å². The summed E-state index contributed by atoms with van der Waals surface area (Å²) in [4.78, 5) is 22.0. The molecule has 0 atom stereocenters. The lowest BCUT2D eigenvalue weighted by molar-refractivity contribution is 1.17. The third-order valence-electron chi connectivity index (χ3n) is 7.01. The molecule has 0 unspecified atom stereocenters. The fraction of sp³-hybridized carbons (Fsp3) is 0. The van der Waals surface area contributed by atoms with Crippen LogP contribution in [0, 0.1) is 0 Å². The number of nitrogens with zero attached hydrogens (tertiary/aromatic N) is 6. The molecule has 7 rings (SSSR count). The molecule has 6 nitrogen and oxygen atoms in total. The molecule has 7 heteroatoms. The van der Waals surface area contributed by atoms with Crippen LogP contribution in [0.3, 0.4) is 0 Å². The molecule has 0 radical (unpaired) electrons. The molecule has 0 saturated heterocycles. The van der Waals surface area contributed by atoms with Gasteiger partial charge in [0, 0.05) is 47.3 Å². The number of para-hydroxylation sites is 3. The van der Waals surface area contributed by atoms with Crippen LogP contribution in [-0.2, 0) is 0 Å². The molecule has 3 heterocycles. The second-order valence-electron chi connectivity index (χ2n) is 9.37. The smallest absolute Gasteiger partial charge is 0.360 e. The first kappa shape index (κ1) is 22.9. The number of rotatable bonds is 5. The van der Waals surface area contributed by atoms with Crippen LogP contribution in [0.2, 0.25) is 0 Å². The Balaban J connectivity index is 1.49. The highest BCUT2D eigenvalue weighted by molar-refractivity contribution is 6.84. The van der Waals surface area contributed by atoms with Gasteiger partial charge in [0.15, 0.2) is 0 Å². The van der Waals surface area contributed by atoms with Gasteiger partial charge in [-0.05, 0) is 59.1 Å². The first-order valence-electron chi connectivity index (χ1n) is 12.8. The molecular weight excluding hydrogens is 479 g/mol. The van der Waals surface area contributed by atoms with Crippen LogP contribution in [0.5, 0.6) is 0 Å². The van der Waals surface area contributed by atoms with Crippen molar-refractivity contribution in [1.29, 1.82) is 0 Å². The molecule has 0 fully saturated rings. The van der Waals surface area contributed by atoms with Crippen molar-refractivity contribution >= 4 is 35.2 Å². The monoisotopic (exact) mass is 502 g/mol. The third kappa shape index (κ3) is 4.20. The number of benzene rings is 4. The summed E-state index contributed by atoms with van der Waals surface area (Å²) in [5.74, 6) is 0. The minimum Gasteiger partial charge on any atom is -0.360 e. The van der Waals surface area contributed by atoms with Crippen LogP contribution < -0.4 is 15.1 Å². The Morgan fingerprint density at radius 2 is 0.897 bits per heavy atom. The van der Waals surface area contributed by atoms with Gasteiger partial charge in [0.25, 0.3) is 0 Å². The van der Waals surface area contributed by atoms with Crippen molar-refractivity contribution in [3.8, 4) is 22.3 Å². The summed E-state index contributed by atoms with van der Waals surface area (Å²) in [6, 6.07) is 36.4. The van der Waals surface area contributed by atoms with Gasteiger partial charge < -0.3 is 9.62 Å². The van der Waals surface area contributed by atoms with Gasteiger partial charge in [-0.25, -0.2) is 19.9 Å². The minimum atomic E-state index is -0.104. The maximum Gasteiger partial charge on any atom is 0.420 e. The summed E-state index contributed by atoms with van der Waals surface area (Å²) >= 11 is 0. The van der Waals surface area contributed by atoms with Crippen LogP contribution in [0.15, 0.2) is 141 Å². The molecule has 0 aliphatic carbocycles. The van der Waals surface area contributed by atoms with E-state index >= 15 is 0 Å². The topological polar surface area (TPSA) is 58.0 Å². The van der Waals surface area contributed by atoms with Crippen LogP contribution in [0.1, 0.15) is 0 Å². The Bertz CT molecular complexity index is 1660. The first-order chi connectivity index (χ1) is 19.4. The van der Waals surface area contributed by atoms with Gasteiger partial charge in [-0.2, -0.15) is 0 Å². The summed E-state index contributed by atoms with van der Waals surface area (Å²) in [6.45, 7) is -0.104. The van der Waals surface area contributed by atoms with Crippen LogP contribution in [-0.4, -0.2) is 26.9 Å². The van der Waals surface area contributed by atoms with Crippen molar-refractivity contribution in [2.45, 2.75) is 0 Å². The number of aromatic nitrogens is 4. The molecular formula is C32H23BN6. The fourth-order valence-electron chi connectivity index (χ4n) is 5.30. The molecule has 0 amide bonds. The second-order valence-corrected chi connectivity index (χ2v) is 9.37. The van der Waals surface area contributed by atoms with Gasteiger partial charge in [0.2, 0.25) is 0 Å². The number of hydrogen-bond acceptors (Lipinski definition) is 6. The zero-order valence-corrected chi connectivity index (χ0v) is 21.0. The van der Waals surface area contributed by atoms with Crippen molar-refractivity contribution in [2.75, 3.05) is 9.62 Å². The predicted molar refractivity (Wildman–Crippen MR) is 157 cm³/mol. The van der Waals surface area contributed by atoms with E-state index in [9.17, 15) is 0 Å². The van der Waals surface area contributed by atoms with Crippen LogP contribution in [0.4, 0.5) is 22.7 Å². The average Bonchev–Trinajstić information content (AvgIpc) is 3.38. The van der Waals surface area contributed by atoms with E-state index in [0.717, 1.165) is 45.0 Å². The highest BCUT2D eigenvalue weighted by Crippen LogP contribution is 2.47. The largest absolute Gasteiger partial charge is 0.420 e. The molecule has 0 bridgehead atoms. The zero-order valence-electron chi connectivity index (χ0n) is 21.0. The van der Waals surface area contributed by atoms with Gasteiger partial charge in [-0.1, -0.05) is 60.7 Å². The zero-order chi connectivity index (χ0) is 26.0. The molecule has 0 N–H and O–H groups in total. The van der Waals surface area contributed by atoms with E-state index in [1.807, 2.05) is 24.8 Å². The Morgan fingerprint density at radius 3 is 1.44 bits per heavy atom. The molecule has 184 valence electrons. The summed E-state index contributed by atoms with van der Waals surface area (Å²) in [6.07, 6.45) is 10.5. The van der Waals surface area contributed by atoms with E-state index in [4.69, 9.17) is 0 Å². The molecule has 39 heavy (non-hydrogen) atoms. The van der Waals surface area contributed by atoms with Gasteiger partial charge in [-0.3, -0.25) is 0 Å². The summed E-state index contributed by atoms with van der Waals surface area (Å²) in [5, 5.41) is 0. The van der Waals surface area contributed by atoms with E-state index in [1.165, 1.54) is 5.46 Å². The van der Waals surface area contributed by atoms with Gasteiger partial charge in [0.05, 0.1) is 11.4 Å². The van der Waals surface area contributed by atoms with E-state index in [1.54, 1.807) is 12.7 Å². The normalized spacial score (nSPS) is 12.5. The Labute approximate surface area is 227 Å². The Kier molecular flexibility index (Phi) is 5.79. The Morgan fingerprint density at radius 1 is 0.436 bits per heavy atom. The highest BCUT2D eigenvalue weighted by Gasteiger charge is 2.43. The maximum absolute atomic E-state index is 4.28. The van der Waals surface area contributed by atoms with E-state index in [0.29, 0.717) is 0 Å². The fourth-order valence-corrected chi connectivity index (χ4v) is 5.30. The van der Waals surface area contributed by atoms with Crippen molar-refractivity contribution in [3.63, 3.8) is 0 Å². The standard InChI is InChI=1S/C32H23BN6/c1-3-9-28(10-4-1)33-38(29-11-5-2-6-12-29)31-13-7-8-14-32(31)39(33)30-16-24(26-18-34-22-35-19-26)15-25(17-30)27-20-36-23-37-21-27/h1-23H. The van der Waals surface area contributed by atoms with Gasteiger partial charge >= 0.3 is 6.98 Å². The van der Waals surface area contributed by atoms with Gasteiger partial charge in [-0.15, -0.1) is 0 Å². The highest BCUT2D eigenvalue weighted by atomic mass is 15.3. The van der Waals surface area contributed by atoms with Crippen molar-refractivity contribution in [1.82, 2.24) is 19.9 Å². The molecule has 1 aliphatic rings. The Hall–Kier alpha value is -5.30.